The maximum absolute atomic E-state index is 7.85. The van der Waals surface area contributed by atoms with Crippen LogP contribution in [0, 0.1) is 0 Å². The van der Waals surface area contributed by atoms with Gasteiger partial charge < -0.3 is 18.8 Å². The first-order valence-corrected chi connectivity index (χ1v) is 3.03. The van der Waals surface area contributed by atoms with E-state index in [-0.39, 0.29) is 40.5 Å². The van der Waals surface area contributed by atoms with Crippen LogP contribution in [0.15, 0.2) is 0 Å². The molecule has 0 saturated heterocycles. The summed E-state index contributed by atoms with van der Waals surface area (Å²) in [7, 11) is -3.11. The van der Waals surface area contributed by atoms with E-state index in [1.807, 2.05) is 0 Å². The molecule has 0 heterocycles. The van der Waals surface area contributed by atoms with Gasteiger partial charge in [0.05, 0.1) is 0 Å². The second-order valence-corrected chi connectivity index (χ2v) is 2.33. The molecule has 4 nitrogen and oxygen atoms in total. The van der Waals surface area contributed by atoms with E-state index >= 15 is 0 Å². The topological polar surface area (TPSA) is 69.9 Å². The van der Waals surface area contributed by atoms with Crippen molar-refractivity contribution in [3.63, 3.8) is 0 Å². The van der Waals surface area contributed by atoms with Gasteiger partial charge >= 0.3 is 38.6 Å². The van der Waals surface area contributed by atoms with Crippen LogP contribution < -0.4 is 0 Å². The minimum atomic E-state index is -4.13. The van der Waals surface area contributed by atoms with Crippen LogP contribution in [0.5, 0.6) is 0 Å². The Kier molecular flexibility index (Phi) is 12.9. The monoisotopic (exact) mass is 166 g/mol. The molecule has 0 aliphatic rings. The summed E-state index contributed by atoms with van der Waals surface area (Å²) in [6, 6.07) is 0. The summed E-state index contributed by atoms with van der Waals surface area (Å²) in [6.45, 7) is 0. The minimum Gasteiger partial charge on any atom is -0.0149 e. The standard InChI is InChI=1S/CH6O4Si.Na.H4Si.H/c1-5-6(2,3)4;;;/h2-4H,1H3;;1H4;. The van der Waals surface area contributed by atoms with E-state index in [9.17, 15) is 0 Å². The quantitative estimate of drug-likeness (QED) is 0.347. The number of hydrogen-bond acceptors (Lipinski definition) is 4. The second-order valence-electron chi connectivity index (χ2n) is 0.778. The van der Waals surface area contributed by atoms with E-state index in [4.69, 9.17) is 14.4 Å². The molecular formula is CH11NaO4Si2. The Bertz CT molecular complexity index is 43.8. The van der Waals surface area contributed by atoms with Gasteiger partial charge in [0, 0.05) is 7.11 Å². The molecule has 7 heteroatoms. The van der Waals surface area contributed by atoms with Crippen LogP contribution in [0.1, 0.15) is 0 Å². The molecule has 0 saturated carbocycles. The van der Waals surface area contributed by atoms with Crippen LogP contribution in [0.2, 0.25) is 0 Å². The van der Waals surface area contributed by atoms with Gasteiger partial charge in [-0.15, -0.1) is 0 Å². The molecule has 0 aliphatic carbocycles. The Morgan fingerprint density at radius 3 is 1.38 bits per heavy atom. The zero-order valence-corrected chi connectivity index (χ0v) is 4.25. The van der Waals surface area contributed by atoms with Crippen molar-refractivity contribution < 1.29 is 18.8 Å². The third-order valence-electron chi connectivity index (χ3n) is 0.274. The molecule has 0 bridgehead atoms. The van der Waals surface area contributed by atoms with E-state index in [0.717, 1.165) is 7.11 Å². The van der Waals surface area contributed by atoms with Gasteiger partial charge in [-0.3, -0.25) is 0 Å². The molecule has 0 aromatic carbocycles. The Balaban J connectivity index is -0.000000125. The third-order valence-corrected chi connectivity index (χ3v) is 0.822. The fraction of sp³-hybridized carbons (Fsp3) is 1.00. The molecule has 0 amide bonds. The molecule has 3 N–H and O–H groups in total. The van der Waals surface area contributed by atoms with Gasteiger partial charge in [0.25, 0.3) is 0 Å². The molecule has 0 aromatic heterocycles. The van der Waals surface area contributed by atoms with Crippen LogP contribution in [-0.4, -0.2) is 71.1 Å². The van der Waals surface area contributed by atoms with Gasteiger partial charge in [0.15, 0.2) is 0 Å². The molecular weight excluding hydrogens is 155 g/mol. The van der Waals surface area contributed by atoms with Crippen molar-refractivity contribution in [2.75, 3.05) is 7.11 Å². The maximum atomic E-state index is 7.85. The van der Waals surface area contributed by atoms with Crippen LogP contribution in [0.25, 0.3) is 0 Å². The molecule has 0 aliphatic heterocycles. The zero-order valence-electron chi connectivity index (χ0n) is 3.25. The maximum Gasteiger partial charge on any atom is -0.0149 e. The van der Waals surface area contributed by atoms with Crippen molar-refractivity contribution in [3.8, 4) is 0 Å². The molecule has 0 spiro atoms. The number of rotatable bonds is 1. The Morgan fingerprint density at radius 2 is 1.38 bits per heavy atom. The number of hydrogen-bond donors (Lipinski definition) is 3. The average Bonchev–Trinajstić information content (AvgIpc) is 1.35. The van der Waals surface area contributed by atoms with Gasteiger partial charge in [-0.25, -0.2) is 0 Å². The molecule has 0 aromatic rings. The van der Waals surface area contributed by atoms with Crippen molar-refractivity contribution in [1.82, 2.24) is 0 Å². The predicted molar refractivity (Wildman–Crippen MR) is 37.9 cm³/mol. The van der Waals surface area contributed by atoms with Crippen molar-refractivity contribution in [3.05, 3.63) is 0 Å². The van der Waals surface area contributed by atoms with E-state index < -0.39 is 9.05 Å². The first-order chi connectivity index (χ1) is 2.56. The summed E-state index contributed by atoms with van der Waals surface area (Å²) >= 11 is 0. The van der Waals surface area contributed by atoms with Crippen molar-refractivity contribution in [2.45, 2.75) is 0 Å². The van der Waals surface area contributed by atoms with Crippen molar-refractivity contribution >= 4 is 49.6 Å². The van der Waals surface area contributed by atoms with Gasteiger partial charge in [0.2, 0.25) is 0 Å². The molecule has 0 fully saturated rings. The summed E-state index contributed by atoms with van der Waals surface area (Å²) in [5.41, 5.74) is 0. The molecule has 8 heavy (non-hydrogen) atoms. The SMILES string of the molecule is CO[Si](O)(O)O.[NaH].[SiH4]. The third kappa shape index (κ3) is 15.7. The van der Waals surface area contributed by atoms with E-state index in [2.05, 4.69) is 4.43 Å². The molecule has 0 rings (SSSR count). The second kappa shape index (κ2) is 6.39. The van der Waals surface area contributed by atoms with Crippen molar-refractivity contribution in [2.24, 2.45) is 0 Å². The van der Waals surface area contributed by atoms with Gasteiger partial charge in [0.1, 0.15) is 0 Å². The summed E-state index contributed by atoms with van der Waals surface area (Å²) < 4.78 is 3.74. The Labute approximate surface area is 75.3 Å². The zero-order chi connectivity index (χ0) is 5.21. The molecule has 0 unspecified atom stereocenters. The summed E-state index contributed by atoms with van der Waals surface area (Å²) in [4.78, 5) is 23.6. The smallest absolute Gasteiger partial charge is 0.0149 e. The van der Waals surface area contributed by atoms with Crippen LogP contribution >= 0.6 is 0 Å². The molecule has 48 valence electrons. The fourth-order valence-corrected chi connectivity index (χ4v) is 0. The average molecular weight is 166 g/mol. The predicted octanol–water partition coefficient (Wildman–Crippen LogP) is -4.05. The Hall–Kier alpha value is 1.27. The fourth-order valence-electron chi connectivity index (χ4n) is 0. The molecule has 0 atom stereocenters. The minimum absolute atomic E-state index is 0. The van der Waals surface area contributed by atoms with Crippen LogP contribution in [0.4, 0.5) is 0 Å². The van der Waals surface area contributed by atoms with Crippen LogP contribution in [0.3, 0.4) is 0 Å². The molecule has 0 radical (unpaired) electrons. The van der Waals surface area contributed by atoms with E-state index in [1.54, 1.807) is 0 Å². The van der Waals surface area contributed by atoms with Crippen LogP contribution in [-0.2, 0) is 4.43 Å². The first kappa shape index (κ1) is 16.1. The first-order valence-electron chi connectivity index (χ1n) is 1.28. The van der Waals surface area contributed by atoms with E-state index in [0.29, 0.717) is 0 Å². The summed E-state index contributed by atoms with van der Waals surface area (Å²) in [6.07, 6.45) is 0. The largest absolute Gasteiger partial charge is 0.0149 e. The van der Waals surface area contributed by atoms with E-state index in [1.165, 1.54) is 0 Å². The van der Waals surface area contributed by atoms with Gasteiger partial charge in [-0.05, 0) is 11.0 Å². The van der Waals surface area contributed by atoms with Crippen molar-refractivity contribution in [1.29, 1.82) is 0 Å². The Morgan fingerprint density at radius 1 is 1.25 bits per heavy atom. The van der Waals surface area contributed by atoms with Gasteiger partial charge in [-0.1, -0.05) is 0 Å². The summed E-state index contributed by atoms with van der Waals surface area (Å²) in [5.74, 6) is 0. The van der Waals surface area contributed by atoms with Gasteiger partial charge in [-0.2, -0.15) is 0 Å². The normalized spacial score (nSPS) is 9.00. The summed E-state index contributed by atoms with van der Waals surface area (Å²) in [5, 5.41) is 0.